The number of carbonyl (C=O) groups excluding carboxylic acids is 1. The molecule has 1 amide bonds. The fourth-order valence-corrected chi connectivity index (χ4v) is 3.77. The van der Waals surface area contributed by atoms with Crippen LogP contribution in [0.1, 0.15) is 22.8 Å². The van der Waals surface area contributed by atoms with Gasteiger partial charge in [0.25, 0.3) is 5.91 Å². The lowest BCUT2D eigenvalue weighted by Crippen LogP contribution is -2.11. The number of rotatable bonds is 5. The number of anilines is 1. The Morgan fingerprint density at radius 2 is 1.61 bits per heavy atom. The molecule has 3 aromatic carbocycles. The summed E-state index contributed by atoms with van der Waals surface area (Å²) in [6.45, 7) is 2.10. The van der Waals surface area contributed by atoms with Crippen molar-refractivity contribution in [2.45, 2.75) is 13.3 Å². The number of benzene rings is 3. The van der Waals surface area contributed by atoms with Crippen LogP contribution in [0.25, 0.3) is 21.8 Å². The van der Waals surface area contributed by atoms with E-state index in [0.29, 0.717) is 5.56 Å². The maximum atomic E-state index is 12.4. The van der Waals surface area contributed by atoms with E-state index < -0.39 is 0 Å². The van der Waals surface area contributed by atoms with Crippen molar-refractivity contribution >= 4 is 22.9 Å². The molecule has 0 unspecified atom stereocenters. The number of nitrogens with zero attached hydrogens (tertiary/aromatic N) is 1. The maximum absolute atomic E-state index is 12.4. The van der Waals surface area contributed by atoms with E-state index in [4.69, 9.17) is 4.98 Å². The highest BCUT2D eigenvalue weighted by atomic mass is 32.1. The quantitative estimate of drug-likeness (QED) is 0.439. The van der Waals surface area contributed by atoms with E-state index in [1.54, 1.807) is 11.3 Å². The van der Waals surface area contributed by atoms with Crippen LogP contribution >= 0.6 is 11.3 Å². The number of nitrogens with one attached hydrogen (secondary N) is 1. The number of aryl methyl sites for hydroxylation is 1. The highest BCUT2D eigenvalue weighted by Gasteiger charge is 2.08. The first-order valence-electron chi connectivity index (χ1n) is 9.24. The SMILES string of the molecule is CCc1ccc(C(=O)Nc2ccc(-c3csc(-c4ccccc4)n3)cc2)cc1. The zero-order chi connectivity index (χ0) is 19.3. The van der Waals surface area contributed by atoms with Gasteiger partial charge in [-0.15, -0.1) is 11.3 Å². The molecular formula is C24H20N2OS. The molecule has 0 radical (unpaired) electrons. The number of thiazole rings is 1. The smallest absolute Gasteiger partial charge is 0.255 e. The molecule has 0 aliphatic heterocycles. The minimum absolute atomic E-state index is 0.101. The van der Waals surface area contributed by atoms with Gasteiger partial charge in [-0.25, -0.2) is 4.98 Å². The van der Waals surface area contributed by atoms with Crippen molar-refractivity contribution in [3.8, 4) is 21.8 Å². The van der Waals surface area contributed by atoms with Crippen molar-refractivity contribution < 1.29 is 4.79 Å². The summed E-state index contributed by atoms with van der Waals surface area (Å²) in [5.41, 5.74) is 5.75. The molecule has 0 spiro atoms. The van der Waals surface area contributed by atoms with E-state index in [1.165, 1.54) is 5.56 Å². The van der Waals surface area contributed by atoms with Gasteiger partial charge in [0.1, 0.15) is 5.01 Å². The molecule has 3 nitrogen and oxygen atoms in total. The van der Waals surface area contributed by atoms with Crippen molar-refractivity contribution in [2.24, 2.45) is 0 Å². The monoisotopic (exact) mass is 384 g/mol. The second kappa shape index (κ2) is 8.19. The normalized spacial score (nSPS) is 10.6. The zero-order valence-corrected chi connectivity index (χ0v) is 16.4. The molecule has 4 aromatic rings. The number of amides is 1. The molecule has 138 valence electrons. The summed E-state index contributed by atoms with van der Waals surface area (Å²) in [6.07, 6.45) is 0.964. The van der Waals surface area contributed by atoms with Crippen LogP contribution in [0.2, 0.25) is 0 Å². The Balaban J connectivity index is 1.46. The second-order valence-corrected chi connectivity index (χ2v) is 7.34. The van der Waals surface area contributed by atoms with E-state index in [0.717, 1.165) is 33.9 Å². The standard InChI is InChI=1S/C24H20N2OS/c1-2-17-8-10-19(11-9-17)23(27)25-21-14-12-18(13-15-21)22-16-28-24(26-22)20-6-4-3-5-7-20/h3-16H,2H2,1H3,(H,25,27). The molecule has 0 aliphatic rings. The van der Waals surface area contributed by atoms with Gasteiger partial charge in [0.15, 0.2) is 0 Å². The van der Waals surface area contributed by atoms with Gasteiger partial charge in [-0.2, -0.15) is 0 Å². The Morgan fingerprint density at radius 1 is 0.893 bits per heavy atom. The van der Waals surface area contributed by atoms with Gasteiger partial charge in [0.05, 0.1) is 5.69 Å². The second-order valence-electron chi connectivity index (χ2n) is 6.49. The van der Waals surface area contributed by atoms with E-state index in [2.05, 4.69) is 29.8 Å². The fraction of sp³-hybridized carbons (Fsp3) is 0.0833. The molecule has 4 rings (SSSR count). The number of hydrogen-bond donors (Lipinski definition) is 1. The molecule has 28 heavy (non-hydrogen) atoms. The number of aromatic nitrogens is 1. The van der Waals surface area contributed by atoms with E-state index in [1.807, 2.05) is 66.7 Å². The van der Waals surface area contributed by atoms with Crippen molar-refractivity contribution in [3.63, 3.8) is 0 Å². The summed E-state index contributed by atoms with van der Waals surface area (Å²) in [6, 6.07) is 25.7. The molecule has 0 aliphatic carbocycles. The summed E-state index contributed by atoms with van der Waals surface area (Å²) in [4.78, 5) is 17.1. The van der Waals surface area contributed by atoms with Crippen LogP contribution in [0.4, 0.5) is 5.69 Å². The topological polar surface area (TPSA) is 42.0 Å². The summed E-state index contributed by atoms with van der Waals surface area (Å²) >= 11 is 1.63. The molecule has 1 aromatic heterocycles. The first-order chi connectivity index (χ1) is 13.7. The van der Waals surface area contributed by atoms with Crippen LogP contribution in [-0.2, 0) is 6.42 Å². The summed E-state index contributed by atoms with van der Waals surface area (Å²) in [7, 11) is 0. The van der Waals surface area contributed by atoms with Crippen LogP contribution in [-0.4, -0.2) is 10.9 Å². The molecule has 1 N–H and O–H groups in total. The van der Waals surface area contributed by atoms with Gasteiger partial charge in [-0.1, -0.05) is 61.5 Å². The molecular weight excluding hydrogens is 364 g/mol. The van der Waals surface area contributed by atoms with Gasteiger partial charge < -0.3 is 5.32 Å². The Labute approximate surface area is 168 Å². The van der Waals surface area contributed by atoms with E-state index in [-0.39, 0.29) is 5.91 Å². The van der Waals surface area contributed by atoms with Crippen LogP contribution in [0.3, 0.4) is 0 Å². The van der Waals surface area contributed by atoms with Crippen molar-refractivity contribution in [2.75, 3.05) is 5.32 Å². The molecule has 1 heterocycles. The minimum Gasteiger partial charge on any atom is -0.322 e. The van der Waals surface area contributed by atoms with Crippen molar-refractivity contribution in [3.05, 3.63) is 95.4 Å². The highest BCUT2D eigenvalue weighted by molar-refractivity contribution is 7.13. The predicted octanol–water partition coefficient (Wildman–Crippen LogP) is 6.29. The van der Waals surface area contributed by atoms with Gasteiger partial charge in [0.2, 0.25) is 0 Å². The third kappa shape index (κ3) is 4.02. The van der Waals surface area contributed by atoms with E-state index >= 15 is 0 Å². The summed E-state index contributed by atoms with van der Waals surface area (Å²) in [5, 5.41) is 6.01. The Morgan fingerprint density at radius 3 is 2.29 bits per heavy atom. The Hall–Kier alpha value is -3.24. The van der Waals surface area contributed by atoms with Crippen LogP contribution in [0.5, 0.6) is 0 Å². The van der Waals surface area contributed by atoms with Crippen LogP contribution < -0.4 is 5.32 Å². The minimum atomic E-state index is -0.101. The molecule has 0 fully saturated rings. The average Bonchev–Trinajstić information content (AvgIpc) is 3.25. The first kappa shape index (κ1) is 18.1. The summed E-state index contributed by atoms with van der Waals surface area (Å²) in [5.74, 6) is -0.101. The number of hydrogen-bond acceptors (Lipinski definition) is 3. The molecule has 0 saturated carbocycles. The highest BCUT2D eigenvalue weighted by Crippen LogP contribution is 2.29. The van der Waals surface area contributed by atoms with Gasteiger partial charge in [-0.05, 0) is 36.2 Å². The van der Waals surface area contributed by atoms with Gasteiger partial charge >= 0.3 is 0 Å². The number of carbonyl (C=O) groups is 1. The van der Waals surface area contributed by atoms with Gasteiger partial charge in [0, 0.05) is 27.8 Å². The molecule has 0 bridgehead atoms. The zero-order valence-electron chi connectivity index (χ0n) is 15.6. The average molecular weight is 385 g/mol. The predicted molar refractivity (Wildman–Crippen MR) is 117 cm³/mol. The Kier molecular flexibility index (Phi) is 5.31. The van der Waals surface area contributed by atoms with Crippen LogP contribution in [0.15, 0.2) is 84.2 Å². The molecule has 0 atom stereocenters. The lowest BCUT2D eigenvalue weighted by atomic mass is 10.1. The lowest BCUT2D eigenvalue weighted by Gasteiger charge is -2.07. The van der Waals surface area contributed by atoms with Crippen LogP contribution in [0, 0.1) is 0 Å². The lowest BCUT2D eigenvalue weighted by molar-refractivity contribution is 0.102. The van der Waals surface area contributed by atoms with Crippen molar-refractivity contribution in [1.82, 2.24) is 4.98 Å². The van der Waals surface area contributed by atoms with Gasteiger partial charge in [-0.3, -0.25) is 4.79 Å². The molecule has 0 saturated heterocycles. The third-order valence-electron chi connectivity index (χ3n) is 4.59. The Bertz CT molecular complexity index is 1070. The largest absolute Gasteiger partial charge is 0.322 e. The van der Waals surface area contributed by atoms with E-state index in [9.17, 15) is 4.79 Å². The fourth-order valence-electron chi connectivity index (χ4n) is 2.94. The molecule has 4 heteroatoms. The third-order valence-corrected chi connectivity index (χ3v) is 5.48. The summed E-state index contributed by atoms with van der Waals surface area (Å²) < 4.78 is 0. The first-order valence-corrected chi connectivity index (χ1v) is 10.1. The maximum Gasteiger partial charge on any atom is 0.255 e. The van der Waals surface area contributed by atoms with Crippen molar-refractivity contribution in [1.29, 1.82) is 0 Å².